The number of benzene rings is 1. The van der Waals surface area contributed by atoms with Gasteiger partial charge < -0.3 is 4.42 Å². The maximum absolute atomic E-state index is 12.6. The molecule has 0 bridgehead atoms. The zero-order valence-electron chi connectivity index (χ0n) is 13.3. The van der Waals surface area contributed by atoms with Crippen molar-refractivity contribution in [3.05, 3.63) is 60.5 Å². The summed E-state index contributed by atoms with van der Waals surface area (Å²) in [4.78, 5) is 24.3. The number of furan rings is 1. The Bertz CT molecular complexity index is 896. The Hall–Kier alpha value is -3.35. The maximum atomic E-state index is 12.6. The summed E-state index contributed by atoms with van der Waals surface area (Å²) in [6.07, 6.45) is 3.28. The molecule has 1 aliphatic carbocycles. The Kier molecular flexibility index (Phi) is 3.81. The smallest absolute Gasteiger partial charge is 0.288 e. The van der Waals surface area contributed by atoms with Crippen molar-refractivity contribution in [3.63, 3.8) is 0 Å². The first kappa shape index (κ1) is 15.2. The SMILES string of the molecule is O=C(NNC(=O)C1CC1)c1cc(-c2ccco2)nn1-c1ccccc1. The highest BCUT2D eigenvalue weighted by Crippen LogP contribution is 2.28. The van der Waals surface area contributed by atoms with Crippen molar-refractivity contribution in [3.8, 4) is 17.1 Å². The minimum Gasteiger partial charge on any atom is -0.463 e. The number of nitrogens with one attached hydrogen (secondary N) is 2. The van der Waals surface area contributed by atoms with Crippen molar-refractivity contribution in [2.75, 3.05) is 0 Å². The minimum absolute atomic E-state index is 0.0120. The van der Waals surface area contributed by atoms with E-state index in [-0.39, 0.29) is 11.8 Å². The first-order chi connectivity index (χ1) is 12.2. The van der Waals surface area contributed by atoms with Gasteiger partial charge in [-0.3, -0.25) is 20.4 Å². The number of amides is 2. The number of nitrogens with zero attached hydrogens (tertiary/aromatic N) is 2. The Morgan fingerprint density at radius 3 is 2.56 bits per heavy atom. The number of rotatable bonds is 4. The van der Waals surface area contributed by atoms with E-state index in [4.69, 9.17) is 4.42 Å². The monoisotopic (exact) mass is 336 g/mol. The number of hydrazine groups is 1. The highest BCUT2D eigenvalue weighted by Gasteiger charge is 2.30. The summed E-state index contributed by atoms with van der Waals surface area (Å²) in [7, 11) is 0. The molecule has 2 heterocycles. The first-order valence-electron chi connectivity index (χ1n) is 8.02. The molecular formula is C18H16N4O3. The van der Waals surface area contributed by atoms with Crippen molar-refractivity contribution < 1.29 is 14.0 Å². The van der Waals surface area contributed by atoms with Crippen molar-refractivity contribution in [2.45, 2.75) is 12.8 Å². The molecule has 3 aromatic rings. The van der Waals surface area contributed by atoms with E-state index in [2.05, 4.69) is 16.0 Å². The molecule has 1 saturated carbocycles. The number of aromatic nitrogens is 2. The second-order valence-electron chi connectivity index (χ2n) is 5.86. The highest BCUT2D eigenvalue weighted by atomic mass is 16.3. The molecule has 7 nitrogen and oxygen atoms in total. The van der Waals surface area contributed by atoms with E-state index >= 15 is 0 Å². The molecule has 0 atom stereocenters. The van der Waals surface area contributed by atoms with Gasteiger partial charge in [0.1, 0.15) is 11.4 Å². The van der Waals surface area contributed by atoms with Crippen molar-refractivity contribution in [1.29, 1.82) is 0 Å². The quantitative estimate of drug-likeness (QED) is 0.716. The zero-order valence-corrected chi connectivity index (χ0v) is 13.3. The van der Waals surface area contributed by atoms with Crippen LogP contribution in [0.4, 0.5) is 0 Å². The van der Waals surface area contributed by atoms with Crippen LogP contribution in [0.3, 0.4) is 0 Å². The van der Waals surface area contributed by atoms with Gasteiger partial charge >= 0.3 is 0 Å². The van der Waals surface area contributed by atoms with Gasteiger partial charge in [0.2, 0.25) is 5.91 Å². The lowest BCUT2D eigenvalue weighted by molar-refractivity contribution is -0.123. The topological polar surface area (TPSA) is 89.2 Å². The lowest BCUT2D eigenvalue weighted by Crippen LogP contribution is -2.43. The lowest BCUT2D eigenvalue weighted by Gasteiger charge is -2.09. The normalized spacial score (nSPS) is 13.4. The van der Waals surface area contributed by atoms with Crippen LogP contribution in [0, 0.1) is 5.92 Å². The summed E-state index contributed by atoms with van der Waals surface area (Å²) >= 11 is 0. The van der Waals surface area contributed by atoms with Crippen molar-refractivity contribution in [2.24, 2.45) is 5.92 Å². The average molecular weight is 336 g/mol. The maximum Gasteiger partial charge on any atom is 0.288 e. The largest absolute Gasteiger partial charge is 0.463 e. The summed E-state index contributed by atoms with van der Waals surface area (Å²) in [5.41, 5.74) is 6.49. The Balaban J connectivity index is 1.64. The molecule has 2 N–H and O–H groups in total. The minimum atomic E-state index is -0.442. The van der Waals surface area contributed by atoms with E-state index < -0.39 is 5.91 Å². The van der Waals surface area contributed by atoms with Gasteiger partial charge in [0.05, 0.1) is 12.0 Å². The van der Waals surface area contributed by atoms with Crippen LogP contribution in [0.1, 0.15) is 23.3 Å². The van der Waals surface area contributed by atoms with Gasteiger partial charge in [-0.25, -0.2) is 4.68 Å². The number of carbonyl (C=O) groups is 2. The zero-order chi connectivity index (χ0) is 17.2. The predicted molar refractivity (Wildman–Crippen MR) is 89.6 cm³/mol. The number of hydrogen-bond donors (Lipinski definition) is 2. The molecule has 2 amide bonds. The third-order valence-electron chi connectivity index (χ3n) is 3.96. The Morgan fingerprint density at radius 2 is 1.88 bits per heavy atom. The van der Waals surface area contributed by atoms with Crippen LogP contribution in [-0.2, 0) is 4.79 Å². The van der Waals surface area contributed by atoms with E-state index in [1.165, 1.54) is 4.68 Å². The number of carbonyl (C=O) groups excluding carboxylic acids is 2. The number of para-hydroxylation sites is 1. The summed E-state index contributed by atoms with van der Waals surface area (Å²) in [6.45, 7) is 0. The fraction of sp³-hybridized carbons (Fsp3) is 0.167. The highest BCUT2D eigenvalue weighted by molar-refractivity contribution is 5.95. The average Bonchev–Trinajstić information content (AvgIpc) is 3.18. The van der Waals surface area contributed by atoms with Gasteiger partial charge in [-0.2, -0.15) is 5.10 Å². The van der Waals surface area contributed by atoms with Crippen molar-refractivity contribution >= 4 is 11.8 Å². The molecule has 0 spiro atoms. The third-order valence-corrected chi connectivity index (χ3v) is 3.96. The molecule has 7 heteroatoms. The standard InChI is InChI=1S/C18H16N4O3/c23-17(12-8-9-12)19-20-18(24)15-11-14(16-7-4-10-25-16)21-22(15)13-5-2-1-3-6-13/h1-7,10-12H,8-9H2,(H,19,23)(H,20,24). The molecule has 4 rings (SSSR count). The molecule has 0 saturated heterocycles. The van der Waals surface area contributed by atoms with Crippen molar-refractivity contribution in [1.82, 2.24) is 20.6 Å². The summed E-state index contributed by atoms with van der Waals surface area (Å²) in [5.74, 6) is -0.0303. The van der Waals surface area contributed by atoms with Crippen LogP contribution < -0.4 is 10.9 Å². The summed E-state index contributed by atoms with van der Waals surface area (Å²) in [5, 5.41) is 4.47. The van der Waals surface area contributed by atoms with Gasteiger partial charge in [0.15, 0.2) is 5.76 Å². The molecule has 1 fully saturated rings. The van der Waals surface area contributed by atoms with E-state index in [9.17, 15) is 9.59 Å². The summed E-state index contributed by atoms with van der Waals surface area (Å²) in [6, 6.07) is 14.5. The van der Waals surface area contributed by atoms with Gasteiger partial charge in [-0.05, 0) is 37.1 Å². The van der Waals surface area contributed by atoms with E-state index in [1.54, 1.807) is 24.5 Å². The molecule has 126 valence electrons. The second-order valence-corrected chi connectivity index (χ2v) is 5.86. The molecular weight excluding hydrogens is 320 g/mol. The molecule has 0 radical (unpaired) electrons. The number of hydrogen-bond acceptors (Lipinski definition) is 4. The Labute approximate surface area is 143 Å². The predicted octanol–water partition coefficient (Wildman–Crippen LogP) is 2.30. The third kappa shape index (κ3) is 3.16. The van der Waals surface area contributed by atoms with Crippen LogP contribution in [0.25, 0.3) is 17.1 Å². The van der Waals surface area contributed by atoms with Gasteiger partial charge in [-0.15, -0.1) is 0 Å². The molecule has 1 aromatic carbocycles. The second kappa shape index (κ2) is 6.27. The van der Waals surface area contributed by atoms with Crippen LogP contribution in [0.15, 0.2) is 59.2 Å². The molecule has 25 heavy (non-hydrogen) atoms. The molecule has 0 unspecified atom stereocenters. The fourth-order valence-corrected chi connectivity index (χ4v) is 2.48. The van der Waals surface area contributed by atoms with Gasteiger partial charge in [0, 0.05) is 12.0 Å². The molecule has 1 aliphatic rings. The fourth-order valence-electron chi connectivity index (χ4n) is 2.48. The van der Waals surface area contributed by atoms with E-state index in [0.717, 1.165) is 18.5 Å². The van der Waals surface area contributed by atoms with Crippen LogP contribution >= 0.6 is 0 Å². The first-order valence-corrected chi connectivity index (χ1v) is 8.02. The summed E-state index contributed by atoms with van der Waals surface area (Å²) < 4.78 is 6.89. The lowest BCUT2D eigenvalue weighted by atomic mass is 10.3. The van der Waals surface area contributed by atoms with E-state index in [1.807, 2.05) is 30.3 Å². The van der Waals surface area contributed by atoms with Gasteiger partial charge in [-0.1, -0.05) is 18.2 Å². The molecule has 2 aromatic heterocycles. The van der Waals surface area contributed by atoms with Gasteiger partial charge in [0.25, 0.3) is 5.91 Å². The van der Waals surface area contributed by atoms with Crippen LogP contribution in [-0.4, -0.2) is 21.6 Å². The molecule has 0 aliphatic heterocycles. The van der Waals surface area contributed by atoms with Crippen LogP contribution in [0.2, 0.25) is 0 Å². The van der Waals surface area contributed by atoms with E-state index in [0.29, 0.717) is 17.1 Å². The Morgan fingerprint density at radius 1 is 1.08 bits per heavy atom. The van der Waals surface area contributed by atoms with Crippen LogP contribution in [0.5, 0.6) is 0 Å².